The molecule has 0 amide bonds. The number of nitrogens with zero attached hydrogens (tertiary/aromatic N) is 3. The van der Waals surface area contributed by atoms with E-state index in [0.717, 1.165) is 12.1 Å². The summed E-state index contributed by atoms with van der Waals surface area (Å²) in [5.41, 5.74) is 2.04. The lowest BCUT2D eigenvalue weighted by molar-refractivity contribution is 0.629. The Morgan fingerprint density at radius 2 is 1.88 bits per heavy atom. The quantitative estimate of drug-likeness (QED) is 0.783. The van der Waals surface area contributed by atoms with E-state index in [9.17, 15) is 4.79 Å². The number of rotatable bonds is 3. The van der Waals surface area contributed by atoms with Crippen molar-refractivity contribution >= 4 is 0 Å². The topological polar surface area (TPSA) is 39.8 Å². The van der Waals surface area contributed by atoms with Crippen molar-refractivity contribution in [3.63, 3.8) is 0 Å². The van der Waals surface area contributed by atoms with Crippen LogP contribution in [0.1, 0.15) is 19.4 Å². The number of aromatic nitrogens is 3. The molecule has 4 heteroatoms. The molecular weight excluding hydrogens is 202 g/mol. The molecule has 0 saturated heterocycles. The van der Waals surface area contributed by atoms with Gasteiger partial charge in [-0.3, -0.25) is 0 Å². The van der Waals surface area contributed by atoms with Gasteiger partial charge in [0.2, 0.25) is 0 Å². The molecule has 1 heterocycles. The zero-order chi connectivity index (χ0) is 11.5. The van der Waals surface area contributed by atoms with E-state index >= 15 is 0 Å². The molecule has 0 radical (unpaired) electrons. The molecule has 0 spiro atoms. The summed E-state index contributed by atoms with van der Waals surface area (Å²) in [6.07, 6.45) is 2.57. The molecule has 0 saturated carbocycles. The summed E-state index contributed by atoms with van der Waals surface area (Å²) in [6, 6.07) is 7.96. The minimum absolute atomic E-state index is 0.0910. The lowest BCUT2D eigenvalue weighted by Crippen LogP contribution is -2.23. The van der Waals surface area contributed by atoms with Crippen molar-refractivity contribution in [3.8, 4) is 5.69 Å². The van der Waals surface area contributed by atoms with Crippen molar-refractivity contribution in [2.45, 2.75) is 26.8 Å². The molecule has 0 unspecified atom stereocenters. The SMILES string of the molecule is CCc1ccc(-n2cnn(CC)c2=O)cc1. The fourth-order valence-corrected chi connectivity index (χ4v) is 1.62. The van der Waals surface area contributed by atoms with Crippen LogP contribution in [0.3, 0.4) is 0 Å². The highest BCUT2D eigenvalue weighted by molar-refractivity contribution is 5.34. The summed E-state index contributed by atoms with van der Waals surface area (Å²) in [5, 5.41) is 4.02. The molecular formula is C12H15N3O. The Morgan fingerprint density at radius 3 is 2.38 bits per heavy atom. The van der Waals surface area contributed by atoms with Gasteiger partial charge in [0.15, 0.2) is 0 Å². The van der Waals surface area contributed by atoms with Crippen LogP contribution in [0.25, 0.3) is 5.69 Å². The fraction of sp³-hybridized carbons (Fsp3) is 0.333. The van der Waals surface area contributed by atoms with Gasteiger partial charge in [-0.15, -0.1) is 0 Å². The second-order valence-electron chi connectivity index (χ2n) is 3.62. The third kappa shape index (κ3) is 1.78. The van der Waals surface area contributed by atoms with Gasteiger partial charge in [-0.1, -0.05) is 19.1 Å². The maximum Gasteiger partial charge on any atom is 0.350 e. The molecule has 2 rings (SSSR count). The second-order valence-corrected chi connectivity index (χ2v) is 3.62. The molecule has 0 fully saturated rings. The molecule has 0 aliphatic rings. The first-order valence-electron chi connectivity index (χ1n) is 5.50. The zero-order valence-corrected chi connectivity index (χ0v) is 9.55. The predicted octanol–water partition coefficient (Wildman–Crippen LogP) is 1.62. The molecule has 0 N–H and O–H groups in total. The number of benzene rings is 1. The Hall–Kier alpha value is -1.84. The van der Waals surface area contributed by atoms with Gasteiger partial charge in [0.1, 0.15) is 6.33 Å². The van der Waals surface area contributed by atoms with Crippen molar-refractivity contribution in [2.24, 2.45) is 0 Å². The largest absolute Gasteiger partial charge is 0.350 e. The van der Waals surface area contributed by atoms with Crippen molar-refractivity contribution in [1.29, 1.82) is 0 Å². The van der Waals surface area contributed by atoms with Crippen LogP contribution in [0, 0.1) is 0 Å². The van der Waals surface area contributed by atoms with Gasteiger partial charge in [0.05, 0.1) is 5.69 Å². The van der Waals surface area contributed by atoms with Gasteiger partial charge in [-0.05, 0) is 31.0 Å². The van der Waals surface area contributed by atoms with Crippen LogP contribution in [0.2, 0.25) is 0 Å². The van der Waals surface area contributed by atoms with Gasteiger partial charge in [-0.2, -0.15) is 5.10 Å². The number of aryl methyl sites for hydroxylation is 2. The highest BCUT2D eigenvalue weighted by atomic mass is 16.2. The average molecular weight is 217 g/mol. The van der Waals surface area contributed by atoms with Crippen molar-refractivity contribution in [1.82, 2.24) is 14.3 Å². The van der Waals surface area contributed by atoms with Crippen molar-refractivity contribution in [2.75, 3.05) is 0 Å². The normalized spacial score (nSPS) is 10.6. The van der Waals surface area contributed by atoms with E-state index in [2.05, 4.69) is 12.0 Å². The van der Waals surface area contributed by atoms with E-state index in [0.29, 0.717) is 6.54 Å². The summed E-state index contributed by atoms with van der Waals surface area (Å²) in [4.78, 5) is 11.8. The molecule has 4 nitrogen and oxygen atoms in total. The van der Waals surface area contributed by atoms with Crippen LogP contribution in [0.4, 0.5) is 0 Å². The van der Waals surface area contributed by atoms with Crippen LogP contribution in [-0.4, -0.2) is 14.3 Å². The zero-order valence-electron chi connectivity index (χ0n) is 9.55. The smallest absolute Gasteiger partial charge is 0.250 e. The highest BCUT2D eigenvalue weighted by Gasteiger charge is 2.04. The van der Waals surface area contributed by atoms with Crippen LogP contribution in [0.5, 0.6) is 0 Å². The van der Waals surface area contributed by atoms with E-state index in [1.807, 2.05) is 31.2 Å². The Kier molecular flexibility index (Phi) is 2.90. The fourth-order valence-electron chi connectivity index (χ4n) is 1.62. The summed E-state index contributed by atoms with van der Waals surface area (Å²) < 4.78 is 3.00. The van der Waals surface area contributed by atoms with Gasteiger partial charge >= 0.3 is 5.69 Å². The molecule has 0 aliphatic heterocycles. The van der Waals surface area contributed by atoms with E-state index in [-0.39, 0.29) is 5.69 Å². The lowest BCUT2D eigenvalue weighted by Gasteiger charge is -2.01. The van der Waals surface area contributed by atoms with Gasteiger partial charge < -0.3 is 0 Å². The molecule has 84 valence electrons. The second kappa shape index (κ2) is 4.35. The van der Waals surface area contributed by atoms with Crippen LogP contribution in [-0.2, 0) is 13.0 Å². The first-order chi connectivity index (χ1) is 7.76. The van der Waals surface area contributed by atoms with Crippen LogP contribution in [0.15, 0.2) is 35.4 Å². The predicted molar refractivity (Wildman–Crippen MR) is 62.9 cm³/mol. The molecule has 1 aromatic heterocycles. The monoisotopic (exact) mass is 217 g/mol. The average Bonchev–Trinajstić information content (AvgIpc) is 2.70. The molecule has 2 aromatic rings. The van der Waals surface area contributed by atoms with Crippen molar-refractivity contribution in [3.05, 3.63) is 46.6 Å². The van der Waals surface area contributed by atoms with E-state index in [1.165, 1.54) is 10.2 Å². The maximum absolute atomic E-state index is 11.8. The van der Waals surface area contributed by atoms with Crippen LogP contribution < -0.4 is 5.69 Å². The van der Waals surface area contributed by atoms with Crippen molar-refractivity contribution < 1.29 is 0 Å². The summed E-state index contributed by atoms with van der Waals surface area (Å²) in [6.45, 7) is 4.61. The van der Waals surface area contributed by atoms with E-state index < -0.39 is 0 Å². The molecule has 0 atom stereocenters. The summed E-state index contributed by atoms with van der Waals surface area (Å²) >= 11 is 0. The van der Waals surface area contributed by atoms with Gasteiger partial charge in [-0.25, -0.2) is 14.0 Å². The molecule has 1 aromatic carbocycles. The third-order valence-corrected chi connectivity index (χ3v) is 2.66. The summed E-state index contributed by atoms with van der Waals surface area (Å²) in [7, 11) is 0. The lowest BCUT2D eigenvalue weighted by atomic mass is 10.1. The molecule has 0 aliphatic carbocycles. The minimum Gasteiger partial charge on any atom is -0.250 e. The Morgan fingerprint density at radius 1 is 1.19 bits per heavy atom. The third-order valence-electron chi connectivity index (χ3n) is 2.66. The van der Waals surface area contributed by atoms with Gasteiger partial charge in [0, 0.05) is 6.54 Å². The summed E-state index contributed by atoms with van der Waals surface area (Å²) in [5.74, 6) is 0. The highest BCUT2D eigenvalue weighted by Crippen LogP contribution is 2.07. The van der Waals surface area contributed by atoms with Gasteiger partial charge in [0.25, 0.3) is 0 Å². The first-order valence-corrected chi connectivity index (χ1v) is 5.50. The Labute approximate surface area is 94.1 Å². The standard InChI is InChI=1S/C12H15N3O/c1-3-10-5-7-11(8-6-10)14-9-13-15(4-2)12(14)16/h5-9H,3-4H2,1-2H3. The maximum atomic E-state index is 11.8. The minimum atomic E-state index is -0.0910. The Balaban J connectivity index is 2.42. The van der Waals surface area contributed by atoms with E-state index in [1.54, 1.807) is 10.9 Å². The first kappa shape index (κ1) is 10.7. The molecule has 0 bridgehead atoms. The molecule has 16 heavy (non-hydrogen) atoms. The number of hydrogen-bond acceptors (Lipinski definition) is 2. The van der Waals surface area contributed by atoms with E-state index in [4.69, 9.17) is 0 Å². The van der Waals surface area contributed by atoms with Crippen LogP contribution >= 0.6 is 0 Å². The number of hydrogen-bond donors (Lipinski definition) is 0. The Bertz CT molecular complexity index is 522.